The van der Waals surface area contributed by atoms with Crippen molar-refractivity contribution < 1.29 is 14.6 Å². The Kier molecular flexibility index (Phi) is 6.07. The van der Waals surface area contributed by atoms with Gasteiger partial charge in [-0.05, 0) is 40.7 Å². The van der Waals surface area contributed by atoms with Gasteiger partial charge in [-0.2, -0.15) is 0 Å². The molecule has 1 saturated heterocycles. The number of aliphatic hydroxyl groups is 2. The van der Waals surface area contributed by atoms with Crippen LogP contribution in [0.3, 0.4) is 0 Å². The third-order valence-corrected chi connectivity index (χ3v) is 5.36. The number of hydrogen-bond donors (Lipinski definition) is 2. The molecule has 26 heavy (non-hydrogen) atoms. The molecule has 3 atom stereocenters. The van der Waals surface area contributed by atoms with Crippen molar-refractivity contribution in [1.29, 1.82) is 0 Å². The maximum Gasteiger partial charge on any atom is 0.123 e. The lowest BCUT2D eigenvalue weighted by Crippen LogP contribution is -2.49. The van der Waals surface area contributed by atoms with E-state index < -0.39 is 6.10 Å². The van der Waals surface area contributed by atoms with E-state index in [4.69, 9.17) is 0 Å². The van der Waals surface area contributed by atoms with Crippen LogP contribution in [0.5, 0.6) is 0 Å². The van der Waals surface area contributed by atoms with Crippen LogP contribution in [0.1, 0.15) is 19.4 Å². The van der Waals surface area contributed by atoms with Crippen LogP contribution in [0, 0.1) is 17.7 Å². The van der Waals surface area contributed by atoms with Crippen LogP contribution in [-0.2, 0) is 6.42 Å². The van der Waals surface area contributed by atoms with E-state index >= 15 is 0 Å². The Morgan fingerprint density at radius 2 is 1.65 bits per heavy atom. The number of hydrogen-bond acceptors (Lipinski definition) is 3. The van der Waals surface area contributed by atoms with Crippen LogP contribution >= 0.6 is 0 Å². The van der Waals surface area contributed by atoms with E-state index in [2.05, 4.69) is 18.7 Å². The van der Waals surface area contributed by atoms with Crippen LogP contribution in [0.4, 0.5) is 4.39 Å². The zero-order valence-electron chi connectivity index (χ0n) is 15.5. The number of likely N-dealkylation sites (tertiary alicyclic amines) is 1. The first-order valence-electron chi connectivity index (χ1n) is 9.36. The second kappa shape index (κ2) is 8.30. The lowest BCUT2D eigenvalue weighted by Gasteiger charge is -2.39. The van der Waals surface area contributed by atoms with Gasteiger partial charge in [-0.15, -0.1) is 0 Å². The highest BCUT2D eigenvalue weighted by Crippen LogP contribution is 2.26. The maximum absolute atomic E-state index is 13.2. The molecule has 140 valence electrons. The summed E-state index contributed by atoms with van der Waals surface area (Å²) in [6.07, 6.45) is -0.191. The minimum atomic E-state index is -0.480. The summed E-state index contributed by atoms with van der Waals surface area (Å²) in [5.74, 6) is 0.191. The number of rotatable bonds is 5. The fraction of sp³-hybridized carbons (Fsp3) is 0.455. The lowest BCUT2D eigenvalue weighted by atomic mass is 9.88. The summed E-state index contributed by atoms with van der Waals surface area (Å²) in [5, 5.41) is 20.7. The Morgan fingerprint density at radius 1 is 1.04 bits per heavy atom. The average molecular weight is 357 g/mol. The second-order valence-corrected chi connectivity index (χ2v) is 7.69. The van der Waals surface area contributed by atoms with Crippen molar-refractivity contribution in [2.75, 3.05) is 19.6 Å². The molecule has 0 amide bonds. The molecule has 2 aromatic rings. The number of benzene rings is 2. The fourth-order valence-corrected chi connectivity index (χ4v) is 4.04. The summed E-state index contributed by atoms with van der Waals surface area (Å²) in [6.45, 7) is 6.33. The minimum Gasteiger partial charge on any atom is -0.392 e. The SMILES string of the molecule is CC1CN(CC(O)Cc2ccccc2-c2ccc(F)cc2)CC(C)C1O. The Labute approximate surface area is 155 Å². The average Bonchev–Trinajstić information content (AvgIpc) is 2.61. The van der Waals surface area contributed by atoms with E-state index in [0.717, 1.165) is 29.8 Å². The number of β-amino-alcohol motifs (C(OH)–C–C–N with tert-alkyl or cyclic N) is 1. The summed E-state index contributed by atoms with van der Waals surface area (Å²) < 4.78 is 13.2. The summed E-state index contributed by atoms with van der Waals surface area (Å²) in [7, 11) is 0. The van der Waals surface area contributed by atoms with Crippen LogP contribution in [0.2, 0.25) is 0 Å². The molecule has 2 N–H and O–H groups in total. The first-order chi connectivity index (χ1) is 12.4. The highest BCUT2D eigenvalue weighted by molar-refractivity contribution is 5.67. The zero-order chi connectivity index (χ0) is 18.7. The standard InChI is InChI=1S/C22H28FNO2/c1-15-12-24(13-16(2)22(15)26)14-20(25)11-18-5-3-4-6-21(18)17-7-9-19(23)10-8-17/h3-10,15-16,20,22,25-26H,11-14H2,1-2H3. The Bertz CT molecular complexity index is 706. The van der Waals surface area contributed by atoms with Crippen molar-refractivity contribution >= 4 is 0 Å². The van der Waals surface area contributed by atoms with Gasteiger partial charge in [0, 0.05) is 26.1 Å². The first kappa shape index (κ1) is 19.0. The normalized spacial score (nSPS) is 25.2. The maximum atomic E-state index is 13.2. The molecule has 0 radical (unpaired) electrons. The predicted octanol–water partition coefficient (Wildman–Crippen LogP) is 3.34. The van der Waals surface area contributed by atoms with Crippen LogP contribution in [-0.4, -0.2) is 47.0 Å². The van der Waals surface area contributed by atoms with E-state index in [1.807, 2.05) is 24.3 Å². The summed E-state index contributed by atoms with van der Waals surface area (Å²) in [6, 6.07) is 14.4. The van der Waals surface area contributed by atoms with Gasteiger partial charge in [0.1, 0.15) is 5.82 Å². The Morgan fingerprint density at radius 3 is 2.31 bits per heavy atom. The molecule has 3 rings (SSSR count). The van der Waals surface area contributed by atoms with Crippen molar-refractivity contribution in [3.05, 3.63) is 59.9 Å². The first-order valence-corrected chi connectivity index (χ1v) is 9.36. The molecule has 4 heteroatoms. The topological polar surface area (TPSA) is 43.7 Å². The van der Waals surface area contributed by atoms with Crippen molar-refractivity contribution in [1.82, 2.24) is 4.90 Å². The van der Waals surface area contributed by atoms with E-state index in [-0.39, 0.29) is 23.8 Å². The van der Waals surface area contributed by atoms with E-state index in [1.165, 1.54) is 12.1 Å². The molecule has 0 bridgehead atoms. The van der Waals surface area contributed by atoms with Gasteiger partial charge in [0.05, 0.1) is 12.2 Å². The van der Waals surface area contributed by atoms with Crippen LogP contribution < -0.4 is 0 Å². The Balaban J connectivity index is 1.68. The number of halogens is 1. The van der Waals surface area contributed by atoms with Gasteiger partial charge < -0.3 is 15.1 Å². The molecule has 3 unspecified atom stereocenters. The van der Waals surface area contributed by atoms with Crippen molar-refractivity contribution in [3.8, 4) is 11.1 Å². The van der Waals surface area contributed by atoms with Gasteiger partial charge >= 0.3 is 0 Å². The van der Waals surface area contributed by atoms with Gasteiger partial charge in [0.2, 0.25) is 0 Å². The number of nitrogens with zero attached hydrogens (tertiary/aromatic N) is 1. The van der Waals surface area contributed by atoms with Crippen molar-refractivity contribution in [2.24, 2.45) is 11.8 Å². The number of piperidine rings is 1. The Hall–Kier alpha value is -1.75. The van der Waals surface area contributed by atoms with Gasteiger partial charge in [0.25, 0.3) is 0 Å². The van der Waals surface area contributed by atoms with Crippen LogP contribution in [0.25, 0.3) is 11.1 Å². The predicted molar refractivity (Wildman–Crippen MR) is 102 cm³/mol. The van der Waals surface area contributed by atoms with E-state index in [1.54, 1.807) is 12.1 Å². The third kappa shape index (κ3) is 4.50. The molecule has 0 aliphatic carbocycles. The monoisotopic (exact) mass is 357 g/mol. The largest absolute Gasteiger partial charge is 0.392 e. The molecule has 2 aromatic carbocycles. The summed E-state index contributed by atoms with van der Waals surface area (Å²) >= 11 is 0. The van der Waals surface area contributed by atoms with Crippen LogP contribution in [0.15, 0.2) is 48.5 Å². The molecule has 1 heterocycles. The molecule has 0 spiro atoms. The molecule has 0 saturated carbocycles. The van der Waals surface area contributed by atoms with Gasteiger partial charge in [-0.25, -0.2) is 4.39 Å². The van der Waals surface area contributed by atoms with E-state index in [9.17, 15) is 14.6 Å². The highest BCUT2D eigenvalue weighted by Gasteiger charge is 2.31. The zero-order valence-corrected chi connectivity index (χ0v) is 15.5. The van der Waals surface area contributed by atoms with Gasteiger partial charge in [0.15, 0.2) is 0 Å². The molecule has 3 nitrogen and oxygen atoms in total. The molecular formula is C22H28FNO2. The van der Waals surface area contributed by atoms with Gasteiger partial charge in [-0.3, -0.25) is 0 Å². The molecule has 0 aromatic heterocycles. The molecule has 1 aliphatic heterocycles. The summed E-state index contributed by atoms with van der Waals surface area (Å²) in [5.41, 5.74) is 3.05. The second-order valence-electron chi connectivity index (χ2n) is 7.69. The fourth-order valence-electron chi connectivity index (χ4n) is 4.04. The number of aliphatic hydroxyl groups excluding tert-OH is 2. The third-order valence-electron chi connectivity index (χ3n) is 5.36. The van der Waals surface area contributed by atoms with Gasteiger partial charge in [-0.1, -0.05) is 50.2 Å². The van der Waals surface area contributed by atoms with Crippen molar-refractivity contribution in [3.63, 3.8) is 0 Å². The molecular weight excluding hydrogens is 329 g/mol. The minimum absolute atomic E-state index is 0.220. The lowest BCUT2D eigenvalue weighted by molar-refractivity contribution is -0.0214. The van der Waals surface area contributed by atoms with Crippen molar-refractivity contribution in [2.45, 2.75) is 32.5 Å². The summed E-state index contributed by atoms with van der Waals surface area (Å²) in [4.78, 5) is 2.24. The van der Waals surface area contributed by atoms with E-state index in [0.29, 0.717) is 13.0 Å². The quantitative estimate of drug-likeness (QED) is 0.863. The molecule has 1 fully saturated rings. The highest BCUT2D eigenvalue weighted by atomic mass is 19.1. The molecule has 1 aliphatic rings. The smallest absolute Gasteiger partial charge is 0.123 e.